The fourth-order valence-corrected chi connectivity index (χ4v) is 2.65. The predicted molar refractivity (Wildman–Crippen MR) is 74.8 cm³/mol. The molecule has 0 aliphatic carbocycles. The molecule has 0 aromatic rings. The first kappa shape index (κ1) is 16.0. The first-order valence-corrected chi connectivity index (χ1v) is 7.09. The van der Waals surface area contributed by atoms with E-state index in [1.807, 2.05) is 0 Å². The Hall–Kier alpha value is -1.06. The van der Waals surface area contributed by atoms with Crippen LogP contribution >= 0.6 is 0 Å². The molecule has 0 bridgehead atoms. The molecule has 1 saturated heterocycles. The number of carboxylic acid groups (broad SMARTS) is 1. The Kier molecular flexibility index (Phi) is 4.64. The zero-order valence-electron chi connectivity index (χ0n) is 12.8. The van der Waals surface area contributed by atoms with E-state index < -0.39 is 11.4 Å². The van der Waals surface area contributed by atoms with E-state index in [2.05, 4.69) is 20.8 Å². The Morgan fingerprint density at radius 3 is 2.11 bits per heavy atom. The van der Waals surface area contributed by atoms with E-state index in [9.17, 15) is 9.59 Å². The summed E-state index contributed by atoms with van der Waals surface area (Å²) in [7, 11) is 0. The third kappa shape index (κ3) is 3.71. The molecule has 0 saturated carbocycles. The van der Waals surface area contributed by atoms with Crippen molar-refractivity contribution < 1.29 is 14.7 Å². The summed E-state index contributed by atoms with van der Waals surface area (Å²) in [5.74, 6) is -0.707. The fraction of sp³-hybridized carbons (Fsp3) is 0.867. The van der Waals surface area contributed by atoms with Crippen molar-refractivity contribution in [2.45, 2.75) is 53.9 Å². The molecule has 4 nitrogen and oxygen atoms in total. The highest BCUT2D eigenvalue weighted by atomic mass is 16.4. The zero-order chi connectivity index (χ0) is 14.8. The second-order valence-corrected chi connectivity index (χ2v) is 7.22. The summed E-state index contributed by atoms with van der Waals surface area (Å²) in [4.78, 5) is 25.2. The first-order chi connectivity index (χ1) is 8.56. The van der Waals surface area contributed by atoms with Gasteiger partial charge < -0.3 is 10.0 Å². The number of carbonyl (C=O) groups excluding carboxylic acids is 1. The lowest BCUT2D eigenvalue weighted by Gasteiger charge is -2.31. The minimum atomic E-state index is -1.32. The second-order valence-electron chi connectivity index (χ2n) is 7.22. The van der Waals surface area contributed by atoms with E-state index in [-0.39, 0.29) is 11.3 Å². The van der Waals surface area contributed by atoms with Crippen molar-refractivity contribution in [3.63, 3.8) is 0 Å². The molecule has 0 aromatic carbocycles. The molecule has 1 atom stereocenters. The lowest BCUT2D eigenvalue weighted by Crippen LogP contribution is -2.45. The molecule has 1 aliphatic heterocycles. The summed E-state index contributed by atoms with van der Waals surface area (Å²) in [5.41, 5.74) is -1.07. The topological polar surface area (TPSA) is 57.6 Å². The van der Waals surface area contributed by atoms with Gasteiger partial charge in [0.15, 0.2) is 0 Å². The van der Waals surface area contributed by atoms with Gasteiger partial charge in [-0.05, 0) is 44.4 Å². The van der Waals surface area contributed by atoms with Crippen molar-refractivity contribution in [3.05, 3.63) is 0 Å². The largest absolute Gasteiger partial charge is 0.480 e. The highest BCUT2D eigenvalue weighted by molar-refractivity contribution is 6.00. The molecule has 0 radical (unpaired) electrons. The van der Waals surface area contributed by atoms with Crippen molar-refractivity contribution in [1.29, 1.82) is 0 Å². The van der Waals surface area contributed by atoms with Crippen LogP contribution in [-0.4, -0.2) is 35.0 Å². The Morgan fingerprint density at radius 2 is 1.63 bits per heavy atom. The van der Waals surface area contributed by atoms with Gasteiger partial charge in [-0.25, -0.2) is 0 Å². The molecule has 1 unspecified atom stereocenters. The van der Waals surface area contributed by atoms with Gasteiger partial charge >= 0.3 is 5.97 Å². The third-order valence-electron chi connectivity index (χ3n) is 4.31. The quantitative estimate of drug-likeness (QED) is 0.784. The van der Waals surface area contributed by atoms with Crippen molar-refractivity contribution in [2.75, 3.05) is 13.1 Å². The Balaban J connectivity index is 2.73. The Bertz CT molecular complexity index is 355. The summed E-state index contributed by atoms with van der Waals surface area (Å²) >= 11 is 0. The number of hydrogen-bond donors (Lipinski definition) is 1. The molecule has 1 aliphatic rings. The molecule has 1 fully saturated rings. The normalized spacial score (nSPS) is 21.9. The van der Waals surface area contributed by atoms with Gasteiger partial charge in [0.05, 0.1) is 0 Å². The van der Waals surface area contributed by atoms with Crippen LogP contribution in [0.25, 0.3) is 0 Å². The van der Waals surface area contributed by atoms with E-state index in [1.165, 1.54) is 13.8 Å². The van der Waals surface area contributed by atoms with E-state index >= 15 is 0 Å². The van der Waals surface area contributed by atoms with Crippen LogP contribution in [0.4, 0.5) is 0 Å². The number of hydrogen-bond acceptors (Lipinski definition) is 2. The van der Waals surface area contributed by atoms with Crippen LogP contribution in [0.2, 0.25) is 0 Å². The fourth-order valence-electron chi connectivity index (χ4n) is 2.65. The molecule has 1 rings (SSSR count). The lowest BCUT2D eigenvalue weighted by atomic mass is 9.77. The molecular weight excluding hydrogens is 242 g/mol. The summed E-state index contributed by atoms with van der Waals surface area (Å²) in [6.07, 6.45) is 3.04. The molecule has 110 valence electrons. The lowest BCUT2D eigenvalue weighted by molar-refractivity contribution is -0.158. The smallest absolute Gasteiger partial charge is 0.318 e. The first-order valence-electron chi connectivity index (χ1n) is 7.09. The minimum absolute atomic E-state index is 0.251. The van der Waals surface area contributed by atoms with Crippen molar-refractivity contribution in [3.8, 4) is 0 Å². The van der Waals surface area contributed by atoms with Crippen LogP contribution in [-0.2, 0) is 9.59 Å². The maximum Gasteiger partial charge on any atom is 0.318 e. The highest BCUT2D eigenvalue weighted by Gasteiger charge is 2.40. The highest BCUT2D eigenvalue weighted by Crippen LogP contribution is 2.35. The Labute approximate surface area is 116 Å². The van der Waals surface area contributed by atoms with E-state index in [4.69, 9.17) is 5.11 Å². The van der Waals surface area contributed by atoms with Crippen LogP contribution < -0.4 is 0 Å². The maximum absolute atomic E-state index is 12.3. The summed E-state index contributed by atoms with van der Waals surface area (Å²) in [6, 6.07) is 0. The van der Waals surface area contributed by atoms with Crippen LogP contribution in [0, 0.1) is 16.7 Å². The van der Waals surface area contributed by atoms with Gasteiger partial charge in [0.2, 0.25) is 5.91 Å². The average Bonchev–Trinajstić information content (AvgIpc) is 2.52. The van der Waals surface area contributed by atoms with Crippen LogP contribution in [0.1, 0.15) is 53.9 Å². The average molecular weight is 269 g/mol. The van der Waals surface area contributed by atoms with Gasteiger partial charge in [-0.2, -0.15) is 0 Å². The van der Waals surface area contributed by atoms with Gasteiger partial charge in [-0.1, -0.05) is 20.8 Å². The van der Waals surface area contributed by atoms with Crippen LogP contribution in [0.15, 0.2) is 0 Å². The molecule has 0 spiro atoms. The molecule has 19 heavy (non-hydrogen) atoms. The number of likely N-dealkylation sites (tertiary alicyclic amines) is 1. The summed E-state index contributed by atoms with van der Waals surface area (Å²) in [6.45, 7) is 11.0. The molecule has 4 heteroatoms. The number of nitrogens with zero attached hydrogens (tertiary/aromatic N) is 1. The van der Waals surface area contributed by atoms with Crippen molar-refractivity contribution >= 4 is 11.9 Å². The number of rotatable bonds is 2. The number of aliphatic carboxylic acids is 1. The molecule has 0 aromatic heterocycles. The second kappa shape index (κ2) is 5.51. The van der Waals surface area contributed by atoms with Gasteiger partial charge in [-0.15, -0.1) is 0 Å². The third-order valence-corrected chi connectivity index (χ3v) is 4.31. The van der Waals surface area contributed by atoms with Crippen molar-refractivity contribution in [2.24, 2.45) is 16.7 Å². The van der Waals surface area contributed by atoms with E-state index in [0.717, 1.165) is 19.3 Å². The standard InChI is InChI=1S/C15H27NO3/c1-14(2,3)11-7-6-9-16(10-8-11)12(17)15(4,5)13(18)19/h11H,6-10H2,1-5H3,(H,18,19). The molecular formula is C15H27NO3. The monoisotopic (exact) mass is 269 g/mol. The predicted octanol–water partition coefficient (Wildman–Crippen LogP) is 2.77. The van der Waals surface area contributed by atoms with Gasteiger partial charge in [0.1, 0.15) is 5.41 Å². The number of amides is 1. The van der Waals surface area contributed by atoms with Crippen LogP contribution in [0.5, 0.6) is 0 Å². The maximum atomic E-state index is 12.3. The summed E-state index contributed by atoms with van der Waals surface area (Å²) < 4.78 is 0. The summed E-state index contributed by atoms with van der Waals surface area (Å²) in [5, 5.41) is 9.15. The number of carbonyl (C=O) groups is 2. The molecule has 1 heterocycles. The zero-order valence-corrected chi connectivity index (χ0v) is 12.8. The van der Waals surface area contributed by atoms with Gasteiger partial charge in [0.25, 0.3) is 0 Å². The number of carboxylic acids is 1. The van der Waals surface area contributed by atoms with Gasteiger partial charge in [-0.3, -0.25) is 9.59 Å². The van der Waals surface area contributed by atoms with E-state index in [1.54, 1.807) is 4.90 Å². The molecule has 1 N–H and O–H groups in total. The van der Waals surface area contributed by atoms with Crippen LogP contribution in [0.3, 0.4) is 0 Å². The van der Waals surface area contributed by atoms with Gasteiger partial charge in [0, 0.05) is 13.1 Å². The van der Waals surface area contributed by atoms with E-state index in [0.29, 0.717) is 19.0 Å². The SMILES string of the molecule is CC(C)(C(=O)O)C(=O)N1CCCC(C(C)(C)C)CC1. The Morgan fingerprint density at radius 1 is 1.05 bits per heavy atom. The van der Waals surface area contributed by atoms with Crippen molar-refractivity contribution in [1.82, 2.24) is 4.90 Å². The minimum Gasteiger partial charge on any atom is -0.480 e. The molecule has 1 amide bonds.